The minimum Gasteiger partial charge on any atom is -0.349 e. The molecule has 0 radical (unpaired) electrons. The van der Waals surface area contributed by atoms with Crippen molar-refractivity contribution in [2.45, 2.75) is 75.8 Å². The number of halogens is 2. The molecule has 8 heteroatoms. The second kappa shape index (κ2) is 12.0. The standard InChI is InChI=1S/C25H34N4OS.2ClH/c1-18-21-17-22(31-24-11-5-10-23(26-18)29(21)24)25(30)27-20-12-15-28(16-13-20)14-6-9-19-7-3-2-4-8-19;;/h5,10-11,17,19-20H,2-4,6-9,12-16H2,1H3,(H,27,30);2*1H. The van der Waals surface area contributed by atoms with Crippen LogP contribution in [0, 0.1) is 12.8 Å². The van der Waals surface area contributed by atoms with Gasteiger partial charge in [-0.2, -0.15) is 0 Å². The molecule has 1 amide bonds. The van der Waals surface area contributed by atoms with Crippen LogP contribution in [0.1, 0.15) is 69.2 Å². The maximum atomic E-state index is 13.0. The van der Waals surface area contributed by atoms with Crippen molar-refractivity contribution in [3.8, 4) is 0 Å². The van der Waals surface area contributed by atoms with Gasteiger partial charge in [0.15, 0.2) is 0 Å². The highest BCUT2D eigenvalue weighted by atomic mass is 35.5. The van der Waals surface area contributed by atoms with E-state index in [0.717, 1.165) is 58.8 Å². The topological polar surface area (TPSA) is 49.6 Å². The van der Waals surface area contributed by atoms with Crippen molar-refractivity contribution in [3.05, 3.63) is 34.5 Å². The number of aryl methyl sites for hydroxylation is 1. The van der Waals surface area contributed by atoms with Crippen LogP contribution in [0.15, 0.2) is 28.1 Å². The van der Waals surface area contributed by atoms with Crippen molar-refractivity contribution in [2.75, 3.05) is 19.6 Å². The van der Waals surface area contributed by atoms with E-state index in [2.05, 4.69) is 25.7 Å². The second-order valence-electron chi connectivity index (χ2n) is 9.49. The molecule has 2 aliphatic heterocycles. The number of likely N-dealkylation sites (tertiary alicyclic amines) is 1. The minimum atomic E-state index is 0. The van der Waals surface area contributed by atoms with Gasteiger partial charge >= 0.3 is 0 Å². The summed E-state index contributed by atoms with van der Waals surface area (Å²) in [6.45, 7) is 5.45. The highest BCUT2D eigenvalue weighted by Crippen LogP contribution is 2.36. The molecular formula is C25H36Cl2N4OS. The summed E-state index contributed by atoms with van der Waals surface area (Å²) in [6.07, 6.45) is 14.1. The first-order valence-corrected chi connectivity index (χ1v) is 12.9. The molecule has 1 N–H and O–H groups in total. The zero-order valence-electron chi connectivity index (χ0n) is 19.4. The lowest BCUT2D eigenvalue weighted by Crippen LogP contribution is -2.45. The summed E-state index contributed by atoms with van der Waals surface area (Å²) in [6, 6.07) is 6.38. The number of rotatable bonds is 6. The van der Waals surface area contributed by atoms with Crippen molar-refractivity contribution < 1.29 is 4.79 Å². The summed E-state index contributed by atoms with van der Waals surface area (Å²) in [7, 11) is 0. The summed E-state index contributed by atoms with van der Waals surface area (Å²) in [5.74, 6) is 1.04. The van der Waals surface area contributed by atoms with Crippen LogP contribution in [0.2, 0.25) is 0 Å². The molecule has 0 bridgehead atoms. The smallest absolute Gasteiger partial charge is 0.258 e. The number of amides is 1. The van der Waals surface area contributed by atoms with Crippen LogP contribution in [-0.2, 0) is 4.79 Å². The molecule has 2 aromatic rings. The number of piperidine rings is 1. The molecule has 2 fully saturated rings. The van der Waals surface area contributed by atoms with Gasteiger partial charge in [-0.25, -0.2) is 4.98 Å². The van der Waals surface area contributed by atoms with Gasteiger partial charge in [-0.1, -0.05) is 49.9 Å². The lowest BCUT2D eigenvalue weighted by Gasteiger charge is -2.33. The molecule has 3 aliphatic rings. The van der Waals surface area contributed by atoms with E-state index in [9.17, 15) is 4.79 Å². The summed E-state index contributed by atoms with van der Waals surface area (Å²) < 4.78 is 2.14. The number of carbonyl (C=O) groups is 1. The Balaban J connectivity index is 0.00000153. The fourth-order valence-corrected chi connectivity index (χ4v) is 6.44. The van der Waals surface area contributed by atoms with E-state index in [-0.39, 0.29) is 36.8 Å². The minimum absolute atomic E-state index is 0. The number of hydrogen-bond donors (Lipinski definition) is 1. The van der Waals surface area contributed by atoms with Crippen LogP contribution in [0.3, 0.4) is 0 Å². The second-order valence-corrected chi connectivity index (χ2v) is 10.5. The SMILES string of the molecule is Cc1nc2cccc3n2c1C=C(C(=O)NC1CCN(CCCC2CCCCC2)CC1)S3.Cl.Cl. The molecule has 4 heterocycles. The molecule has 5 rings (SSSR count). The van der Waals surface area contributed by atoms with E-state index < -0.39 is 0 Å². The molecular weight excluding hydrogens is 475 g/mol. The van der Waals surface area contributed by atoms with E-state index in [1.165, 1.54) is 51.5 Å². The Kier molecular flexibility index (Phi) is 9.57. The van der Waals surface area contributed by atoms with Gasteiger partial charge in [0.1, 0.15) is 5.65 Å². The van der Waals surface area contributed by atoms with Crippen LogP contribution in [0.5, 0.6) is 0 Å². The van der Waals surface area contributed by atoms with Gasteiger partial charge in [-0.3, -0.25) is 9.20 Å². The molecule has 182 valence electrons. The average molecular weight is 512 g/mol. The van der Waals surface area contributed by atoms with Gasteiger partial charge in [0, 0.05) is 19.1 Å². The van der Waals surface area contributed by atoms with E-state index in [4.69, 9.17) is 0 Å². The number of imidazole rings is 1. The molecule has 0 unspecified atom stereocenters. The number of hydrogen-bond acceptors (Lipinski definition) is 4. The molecule has 1 saturated carbocycles. The third kappa shape index (κ3) is 6.08. The number of pyridine rings is 1. The van der Waals surface area contributed by atoms with Gasteiger partial charge in [-0.05, 0) is 63.3 Å². The summed E-state index contributed by atoms with van der Waals surface area (Å²) >= 11 is 1.55. The van der Waals surface area contributed by atoms with Gasteiger partial charge in [-0.15, -0.1) is 24.8 Å². The third-order valence-corrected chi connectivity index (χ3v) is 8.32. The van der Waals surface area contributed by atoms with Crippen LogP contribution in [-0.4, -0.2) is 45.9 Å². The van der Waals surface area contributed by atoms with E-state index in [0.29, 0.717) is 0 Å². The molecule has 0 atom stereocenters. The van der Waals surface area contributed by atoms with Gasteiger partial charge in [0.05, 0.1) is 21.3 Å². The van der Waals surface area contributed by atoms with E-state index in [1.54, 1.807) is 11.8 Å². The van der Waals surface area contributed by atoms with E-state index in [1.807, 2.05) is 25.1 Å². The van der Waals surface area contributed by atoms with Crippen LogP contribution in [0.25, 0.3) is 11.7 Å². The number of nitrogens with zero attached hydrogens (tertiary/aromatic N) is 3. The van der Waals surface area contributed by atoms with Crippen molar-refractivity contribution >= 4 is 54.2 Å². The lowest BCUT2D eigenvalue weighted by molar-refractivity contribution is -0.117. The first-order valence-electron chi connectivity index (χ1n) is 12.1. The molecule has 0 aromatic carbocycles. The molecule has 33 heavy (non-hydrogen) atoms. The Hall–Kier alpha value is -1.21. The van der Waals surface area contributed by atoms with Crippen LogP contribution in [0.4, 0.5) is 0 Å². The Morgan fingerprint density at radius 1 is 1.12 bits per heavy atom. The fraction of sp³-hybridized carbons (Fsp3) is 0.600. The van der Waals surface area contributed by atoms with Crippen LogP contribution >= 0.6 is 36.6 Å². The number of carbonyl (C=O) groups excluding carboxylic acids is 1. The molecule has 0 spiro atoms. The van der Waals surface area contributed by atoms with Crippen LogP contribution < -0.4 is 5.32 Å². The summed E-state index contributed by atoms with van der Waals surface area (Å²) in [4.78, 5) is 21.0. The zero-order valence-corrected chi connectivity index (χ0v) is 21.9. The lowest BCUT2D eigenvalue weighted by atomic mass is 9.86. The quantitative estimate of drug-likeness (QED) is 0.527. The highest BCUT2D eigenvalue weighted by molar-refractivity contribution is 8.04. The van der Waals surface area contributed by atoms with Gasteiger partial charge < -0.3 is 10.2 Å². The van der Waals surface area contributed by atoms with Crippen molar-refractivity contribution in [1.29, 1.82) is 0 Å². The Labute approximate surface area is 214 Å². The maximum Gasteiger partial charge on any atom is 0.258 e. The fourth-order valence-electron chi connectivity index (χ4n) is 5.46. The Morgan fingerprint density at radius 3 is 2.64 bits per heavy atom. The Morgan fingerprint density at radius 2 is 1.88 bits per heavy atom. The molecule has 2 aromatic heterocycles. The Bertz CT molecular complexity index is 978. The number of thioether (sulfide) groups is 1. The monoisotopic (exact) mass is 510 g/mol. The zero-order chi connectivity index (χ0) is 21.2. The largest absolute Gasteiger partial charge is 0.349 e. The first kappa shape index (κ1) is 26.4. The van der Waals surface area contributed by atoms with Crippen molar-refractivity contribution in [3.63, 3.8) is 0 Å². The predicted molar refractivity (Wildman–Crippen MR) is 142 cm³/mol. The third-order valence-electron chi connectivity index (χ3n) is 7.27. The number of aromatic nitrogens is 2. The van der Waals surface area contributed by atoms with Crippen molar-refractivity contribution in [1.82, 2.24) is 19.6 Å². The van der Waals surface area contributed by atoms with E-state index >= 15 is 0 Å². The van der Waals surface area contributed by atoms with Gasteiger partial charge in [0.25, 0.3) is 5.91 Å². The first-order chi connectivity index (χ1) is 15.2. The normalized spacial score (nSPS) is 19.5. The van der Waals surface area contributed by atoms with Crippen molar-refractivity contribution in [2.24, 2.45) is 5.92 Å². The molecule has 5 nitrogen and oxygen atoms in total. The summed E-state index contributed by atoms with van der Waals surface area (Å²) in [5.41, 5.74) is 2.95. The number of nitrogens with one attached hydrogen (secondary N) is 1. The average Bonchev–Trinajstić information content (AvgIpc) is 3.12. The summed E-state index contributed by atoms with van der Waals surface area (Å²) in [5, 5.41) is 4.37. The predicted octanol–water partition coefficient (Wildman–Crippen LogP) is 5.87. The van der Waals surface area contributed by atoms with Gasteiger partial charge in [0.2, 0.25) is 0 Å². The maximum absolute atomic E-state index is 13.0. The highest BCUT2D eigenvalue weighted by Gasteiger charge is 2.25. The molecule has 1 saturated heterocycles. The molecule has 1 aliphatic carbocycles.